The van der Waals surface area contributed by atoms with E-state index in [4.69, 9.17) is 5.73 Å². The summed E-state index contributed by atoms with van der Waals surface area (Å²) in [5.74, 6) is 1.09. The maximum absolute atomic E-state index is 12.5. The van der Waals surface area contributed by atoms with Crippen LogP contribution in [0.15, 0.2) is 6.20 Å². The van der Waals surface area contributed by atoms with Gasteiger partial charge in [0.05, 0.1) is 5.56 Å². The van der Waals surface area contributed by atoms with Gasteiger partial charge in [0.1, 0.15) is 5.82 Å². The molecule has 0 radical (unpaired) electrons. The number of nitrogens with one attached hydrogen (secondary N) is 2. The number of hydrogen-bond acceptors (Lipinski definition) is 6. The summed E-state index contributed by atoms with van der Waals surface area (Å²) < 4.78 is 0. The van der Waals surface area contributed by atoms with Gasteiger partial charge in [0.25, 0.3) is 5.91 Å². The molecule has 0 atom stereocenters. The van der Waals surface area contributed by atoms with Gasteiger partial charge in [-0.3, -0.25) is 4.79 Å². The Bertz CT molecular complexity index is 608. The van der Waals surface area contributed by atoms with Crippen molar-refractivity contribution in [2.45, 2.75) is 64.3 Å². The monoisotopic (exact) mass is 374 g/mol. The van der Waals surface area contributed by atoms with Crippen LogP contribution in [-0.2, 0) is 0 Å². The SMILES string of the molecule is CCCCNc1ncc(C(=O)NCC2CCN(C3CCCC3)CC2)c(N)n1. The molecule has 0 spiro atoms. The highest BCUT2D eigenvalue weighted by Crippen LogP contribution is 2.27. The van der Waals surface area contributed by atoms with Crippen LogP contribution in [0.3, 0.4) is 0 Å². The summed E-state index contributed by atoms with van der Waals surface area (Å²) in [6, 6.07) is 0.807. The summed E-state index contributed by atoms with van der Waals surface area (Å²) in [6.45, 7) is 5.96. The molecule has 1 aliphatic carbocycles. The Morgan fingerprint density at radius 3 is 2.67 bits per heavy atom. The summed E-state index contributed by atoms with van der Waals surface area (Å²) in [7, 11) is 0. The Labute approximate surface area is 162 Å². The van der Waals surface area contributed by atoms with Gasteiger partial charge in [-0.25, -0.2) is 4.98 Å². The highest BCUT2D eigenvalue weighted by atomic mass is 16.1. The second-order valence-electron chi connectivity index (χ2n) is 7.90. The number of anilines is 2. The van der Waals surface area contributed by atoms with Crippen molar-refractivity contribution < 1.29 is 4.79 Å². The molecule has 0 aromatic carbocycles. The maximum Gasteiger partial charge on any atom is 0.256 e. The molecule has 7 nitrogen and oxygen atoms in total. The predicted octanol–water partition coefficient (Wildman–Crippen LogP) is 2.66. The van der Waals surface area contributed by atoms with Gasteiger partial charge >= 0.3 is 0 Å². The van der Waals surface area contributed by atoms with E-state index in [9.17, 15) is 4.79 Å². The molecule has 7 heteroatoms. The molecule has 3 rings (SSSR count). The molecule has 1 saturated carbocycles. The lowest BCUT2D eigenvalue weighted by molar-refractivity contribution is 0.0925. The second-order valence-corrected chi connectivity index (χ2v) is 7.90. The molecule has 1 saturated heterocycles. The second kappa shape index (κ2) is 9.88. The number of aromatic nitrogens is 2. The first-order chi connectivity index (χ1) is 13.2. The van der Waals surface area contributed by atoms with Crippen molar-refractivity contribution in [2.24, 2.45) is 5.92 Å². The van der Waals surface area contributed by atoms with Gasteiger partial charge in [0.2, 0.25) is 5.95 Å². The molecule has 150 valence electrons. The summed E-state index contributed by atoms with van der Waals surface area (Å²) in [5.41, 5.74) is 6.33. The fourth-order valence-electron chi connectivity index (χ4n) is 4.16. The molecule has 2 heterocycles. The van der Waals surface area contributed by atoms with E-state index in [0.29, 0.717) is 24.0 Å². The van der Waals surface area contributed by atoms with Gasteiger partial charge in [-0.15, -0.1) is 0 Å². The number of nitrogen functional groups attached to an aromatic ring is 1. The van der Waals surface area contributed by atoms with E-state index >= 15 is 0 Å². The first kappa shape index (κ1) is 19.9. The number of carbonyl (C=O) groups is 1. The lowest BCUT2D eigenvalue weighted by atomic mass is 9.95. The van der Waals surface area contributed by atoms with Crippen molar-refractivity contribution in [1.29, 1.82) is 0 Å². The highest BCUT2D eigenvalue weighted by Gasteiger charge is 2.27. The number of carbonyl (C=O) groups excluding carboxylic acids is 1. The van der Waals surface area contributed by atoms with Crippen LogP contribution in [0.2, 0.25) is 0 Å². The molecular formula is C20H34N6O. The fraction of sp³-hybridized carbons (Fsp3) is 0.750. The summed E-state index contributed by atoms with van der Waals surface area (Å²) >= 11 is 0. The van der Waals surface area contributed by atoms with E-state index in [1.807, 2.05) is 0 Å². The highest BCUT2D eigenvalue weighted by molar-refractivity contribution is 5.98. The van der Waals surface area contributed by atoms with Crippen molar-refractivity contribution in [1.82, 2.24) is 20.2 Å². The predicted molar refractivity (Wildman–Crippen MR) is 109 cm³/mol. The molecule has 1 amide bonds. The van der Waals surface area contributed by atoms with E-state index in [-0.39, 0.29) is 11.7 Å². The zero-order valence-corrected chi connectivity index (χ0v) is 16.5. The Balaban J connectivity index is 1.42. The number of hydrogen-bond donors (Lipinski definition) is 3. The Hall–Kier alpha value is -1.89. The van der Waals surface area contributed by atoms with Crippen molar-refractivity contribution in [3.8, 4) is 0 Å². The molecule has 2 aliphatic rings. The summed E-state index contributed by atoms with van der Waals surface area (Å²) in [4.78, 5) is 23.5. The molecule has 4 N–H and O–H groups in total. The van der Waals surface area contributed by atoms with Crippen LogP contribution >= 0.6 is 0 Å². The minimum atomic E-state index is -0.175. The topological polar surface area (TPSA) is 96.2 Å². The standard InChI is InChI=1S/C20H34N6O/c1-2-3-10-22-20-24-14-17(18(21)25-20)19(27)23-13-15-8-11-26(12-9-15)16-6-4-5-7-16/h14-16H,2-13H2,1H3,(H,23,27)(H3,21,22,24,25). The van der Waals surface area contributed by atoms with Crippen LogP contribution in [-0.4, -0.2) is 53.0 Å². The van der Waals surface area contributed by atoms with Crippen LogP contribution in [0.4, 0.5) is 11.8 Å². The molecule has 0 unspecified atom stereocenters. The third kappa shape index (κ3) is 5.54. The number of nitrogens with zero attached hydrogens (tertiary/aromatic N) is 3. The molecule has 2 fully saturated rings. The largest absolute Gasteiger partial charge is 0.383 e. The van der Waals surface area contributed by atoms with Crippen molar-refractivity contribution in [3.05, 3.63) is 11.8 Å². The lowest BCUT2D eigenvalue weighted by Crippen LogP contribution is -2.42. The van der Waals surface area contributed by atoms with Gasteiger partial charge in [-0.2, -0.15) is 4.98 Å². The molecule has 0 bridgehead atoms. The summed E-state index contributed by atoms with van der Waals surface area (Å²) in [5, 5.41) is 6.15. The van der Waals surface area contributed by atoms with Crippen molar-refractivity contribution in [3.63, 3.8) is 0 Å². The van der Waals surface area contributed by atoms with Gasteiger partial charge in [0, 0.05) is 25.3 Å². The number of likely N-dealkylation sites (tertiary alicyclic amines) is 1. The van der Waals surface area contributed by atoms with E-state index in [1.165, 1.54) is 31.9 Å². The number of nitrogens with two attached hydrogens (primary N) is 1. The van der Waals surface area contributed by atoms with Crippen LogP contribution < -0.4 is 16.4 Å². The third-order valence-corrected chi connectivity index (χ3v) is 5.92. The average molecular weight is 375 g/mol. The van der Waals surface area contributed by atoms with Crippen LogP contribution in [0.1, 0.15) is 68.6 Å². The Morgan fingerprint density at radius 1 is 1.26 bits per heavy atom. The van der Waals surface area contributed by atoms with Gasteiger partial charge < -0.3 is 21.3 Å². The van der Waals surface area contributed by atoms with Crippen LogP contribution in [0, 0.1) is 5.92 Å². The fourth-order valence-corrected chi connectivity index (χ4v) is 4.16. The molecule has 1 aliphatic heterocycles. The Morgan fingerprint density at radius 2 is 2.00 bits per heavy atom. The zero-order valence-electron chi connectivity index (χ0n) is 16.5. The van der Waals surface area contributed by atoms with Crippen LogP contribution in [0.25, 0.3) is 0 Å². The molecular weight excluding hydrogens is 340 g/mol. The zero-order chi connectivity index (χ0) is 19.1. The van der Waals surface area contributed by atoms with Crippen molar-refractivity contribution in [2.75, 3.05) is 37.2 Å². The van der Waals surface area contributed by atoms with Crippen molar-refractivity contribution >= 4 is 17.7 Å². The minimum Gasteiger partial charge on any atom is -0.383 e. The van der Waals surface area contributed by atoms with Crippen LogP contribution in [0.5, 0.6) is 0 Å². The van der Waals surface area contributed by atoms with E-state index in [2.05, 4.69) is 32.4 Å². The van der Waals surface area contributed by atoms with E-state index < -0.39 is 0 Å². The normalized spacial score (nSPS) is 19.3. The minimum absolute atomic E-state index is 0.175. The first-order valence-electron chi connectivity index (χ1n) is 10.6. The number of rotatable bonds is 8. The summed E-state index contributed by atoms with van der Waals surface area (Å²) in [6.07, 6.45) is 11.5. The first-order valence-corrected chi connectivity index (χ1v) is 10.6. The number of piperidine rings is 1. The Kier molecular flexibility index (Phi) is 7.26. The molecule has 1 aromatic heterocycles. The average Bonchev–Trinajstić information content (AvgIpc) is 3.22. The van der Waals surface area contributed by atoms with Gasteiger partial charge in [0.15, 0.2) is 0 Å². The molecule has 27 heavy (non-hydrogen) atoms. The number of amides is 1. The lowest BCUT2D eigenvalue weighted by Gasteiger charge is -2.36. The molecule has 1 aromatic rings. The van der Waals surface area contributed by atoms with E-state index in [0.717, 1.165) is 51.4 Å². The maximum atomic E-state index is 12.5. The third-order valence-electron chi connectivity index (χ3n) is 5.92. The smallest absolute Gasteiger partial charge is 0.256 e. The van der Waals surface area contributed by atoms with Gasteiger partial charge in [-0.1, -0.05) is 26.2 Å². The number of unbranched alkanes of at least 4 members (excludes halogenated alkanes) is 1. The quantitative estimate of drug-likeness (QED) is 0.606. The van der Waals surface area contributed by atoms with Gasteiger partial charge in [-0.05, 0) is 51.1 Å². The van der Waals surface area contributed by atoms with E-state index in [1.54, 1.807) is 0 Å².